The van der Waals surface area contributed by atoms with E-state index in [0.29, 0.717) is 56.0 Å². The molecule has 42 heavy (non-hydrogen) atoms. The van der Waals surface area contributed by atoms with E-state index in [9.17, 15) is 4.79 Å². The second kappa shape index (κ2) is 13.2. The van der Waals surface area contributed by atoms with E-state index in [4.69, 9.17) is 14.2 Å². The molecule has 0 aliphatic carbocycles. The Morgan fingerprint density at radius 3 is 2.17 bits per heavy atom. The summed E-state index contributed by atoms with van der Waals surface area (Å²) in [4.78, 5) is 27.9. The summed E-state index contributed by atoms with van der Waals surface area (Å²) >= 11 is 0. The number of benzene rings is 2. The Morgan fingerprint density at radius 2 is 1.57 bits per heavy atom. The van der Waals surface area contributed by atoms with Crippen molar-refractivity contribution in [1.29, 1.82) is 0 Å². The molecule has 1 aliphatic rings. The Morgan fingerprint density at radius 1 is 0.881 bits per heavy atom. The van der Waals surface area contributed by atoms with E-state index < -0.39 is 5.60 Å². The Kier molecular flexibility index (Phi) is 8.96. The van der Waals surface area contributed by atoms with Crippen molar-refractivity contribution in [1.82, 2.24) is 19.9 Å². The van der Waals surface area contributed by atoms with E-state index in [2.05, 4.69) is 20.3 Å². The lowest BCUT2D eigenvalue weighted by atomic mass is 10.1. The van der Waals surface area contributed by atoms with E-state index in [-0.39, 0.29) is 6.09 Å². The van der Waals surface area contributed by atoms with Gasteiger partial charge in [-0.05, 0) is 50.0 Å². The monoisotopic (exact) mass is 565 g/mol. The first-order chi connectivity index (χ1) is 20.3. The number of pyridine rings is 1. The number of hydrogen-bond acceptors (Lipinski definition) is 8. The molecule has 1 aliphatic heterocycles. The van der Waals surface area contributed by atoms with Gasteiger partial charge in [0.2, 0.25) is 11.8 Å². The highest BCUT2D eigenvalue weighted by atomic mass is 16.6. The summed E-state index contributed by atoms with van der Waals surface area (Å²) in [5, 5.41) is 3.28. The third-order valence-corrected chi connectivity index (χ3v) is 6.39. The lowest BCUT2D eigenvalue weighted by molar-refractivity contribution is 0.0270. The highest BCUT2D eigenvalue weighted by molar-refractivity contribution is 5.72. The predicted octanol–water partition coefficient (Wildman–Crippen LogP) is 6.80. The number of carbonyl (C=O) groups is 1. The molecule has 0 fully saturated rings. The molecule has 2 aromatic heterocycles. The molecule has 1 N–H and O–H groups in total. The van der Waals surface area contributed by atoms with Crippen LogP contribution in [0.4, 0.5) is 16.3 Å². The van der Waals surface area contributed by atoms with Crippen LogP contribution in [0.25, 0.3) is 5.57 Å². The average molecular weight is 566 g/mol. The van der Waals surface area contributed by atoms with Crippen molar-refractivity contribution in [3.8, 4) is 11.8 Å². The number of carbonyl (C=O) groups excluding carboxylic acids is 1. The van der Waals surface area contributed by atoms with E-state index >= 15 is 0 Å². The maximum atomic E-state index is 12.4. The quantitative estimate of drug-likeness (QED) is 0.237. The minimum Gasteiger partial charge on any atom is -0.473 e. The summed E-state index contributed by atoms with van der Waals surface area (Å²) in [5.74, 6) is 1.40. The number of nitrogens with one attached hydrogen (secondary N) is 1. The SMILES string of the molecule is CC(C)(C)OC(=O)N1CC=C(c2cnc(Nc3ccc(OCc4ccccc4)nc3OCc3ccccc3)cn2)CC1. The van der Waals surface area contributed by atoms with E-state index in [1.165, 1.54) is 0 Å². The molecule has 4 aromatic rings. The predicted molar refractivity (Wildman–Crippen MR) is 162 cm³/mol. The summed E-state index contributed by atoms with van der Waals surface area (Å²) in [6.07, 6.45) is 5.77. The van der Waals surface area contributed by atoms with Gasteiger partial charge in [0.15, 0.2) is 0 Å². The molecule has 9 nitrogen and oxygen atoms in total. The molecule has 0 unspecified atom stereocenters. The van der Waals surface area contributed by atoms with Crippen molar-refractivity contribution in [2.24, 2.45) is 0 Å². The summed E-state index contributed by atoms with van der Waals surface area (Å²) in [6.45, 7) is 7.38. The van der Waals surface area contributed by atoms with Gasteiger partial charge in [0, 0.05) is 19.2 Å². The number of anilines is 2. The number of hydrogen-bond donors (Lipinski definition) is 1. The molecule has 0 atom stereocenters. The smallest absolute Gasteiger partial charge is 0.410 e. The minimum atomic E-state index is -0.521. The van der Waals surface area contributed by atoms with Crippen LogP contribution in [0.15, 0.2) is 91.3 Å². The fourth-order valence-corrected chi connectivity index (χ4v) is 4.26. The van der Waals surface area contributed by atoms with Gasteiger partial charge in [-0.2, -0.15) is 4.98 Å². The maximum absolute atomic E-state index is 12.4. The average Bonchev–Trinajstić information content (AvgIpc) is 3.00. The van der Waals surface area contributed by atoms with Crippen molar-refractivity contribution in [3.63, 3.8) is 0 Å². The van der Waals surface area contributed by atoms with Gasteiger partial charge in [-0.1, -0.05) is 66.7 Å². The highest BCUT2D eigenvalue weighted by Crippen LogP contribution is 2.29. The van der Waals surface area contributed by atoms with Crippen LogP contribution >= 0.6 is 0 Å². The molecule has 0 saturated heterocycles. The molecule has 9 heteroatoms. The molecule has 2 aromatic carbocycles. The Labute approximate surface area is 246 Å². The van der Waals surface area contributed by atoms with Gasteiger partial charge in [0.25, 0.3) is 0 Å². The molecule has 3 heterocycles. The molecule has 0 bridgehead atoms. The zero-order valence-electron chi connectivity index (χ0n) is 24.1. The van der Waals surface area contributed by atoms with Gasteiger partial charge in [0.1, 0.15) is 30.3 Å². The van der Waals surface area contributed by atoms with Crippen LogP contribution in [0.1, 0.15) is 44.0 Å². The fraction of sp³-hybridized carbons (Fsp3) is 0.273. The first-order valence-electron chi connectivity index (χ1n) is 13.9. The molecule has 1 amide bonds. The first kappa shape index (κ1) is 28.6. The Hall–Kier alpha value is -4.92. The summed E-state index contributed by atoms with van der Waals surface area (Å²) in [5.41, 5.74) is 4.01. The van der Waals surface area contributed by atoms with Crippen molar-refractivity contribution in [2.45, 2.75) is 46.0 Å². The lowest BCUT2D eigenvalue weighted by Gasteiger charge is -2.29. The van der Waals surface area contributed by atoms with Crippen LogP contribution in [0.3, 0.4) is 0 Å². The molecule has 0 saturated carbocycles. The zero-order chi connectivity index (χ0) is 29.4. The largest absolute Gasteiger partial charge is 0.473 e. The summed E-state index contributed by atoms with van der Waals surface area (Å²) in [7, 11) is 0. The Bertz CT molecular complexity index is 1500. The summed E-state index contributed by atoms with van der Waals surface area (Å²) in [6, 6.07) is 23.5. The van der Waals surface area contributed by atoms with E-state index in [0.717, 1.165) is 22.4 Å². The molecule has 0 spiro atoms. The van der Waals surface area contributed by atoms with E-state index in [1.54, 1.807) is 23.4 Å². The van der Waals surface area contributed by atoms with E-state index in [1.807, 2.05) is 93.6 Å². The summed E-state index contributed by atoms with van der Waals surface area (Å²) < 4.78 is 17.5. The highest BCUT2D eigenvalue weighted by Gasteiger charge is 2.24. The normalized spacial score (nSPS) is 13.2. The van der Waals surface area contributed by atoms with Crippen molar-refractivity contribution in [3.05, 3.63) is 108 Å². The molecule has 5 rings (SSSR count). The van der Waals surface area contributed by atoms with Crippen LogP contribution in [-0.4, -0.2) is 44.6 Å². The van der Waals surface area contributed by atoms with Crippen LogP contribution in [-0.2, 0) is 18.0 Å². The third-order valence-electron chi connectivity index (χ3n) is 6.39. The molecule has 0 radical (unpaired) electrons. The Balaban J connectivity index is 1.26. The first-order valence-corrected chi connectivity index (χ1v) is 13.9. The van der Waals surface area contributed by atoms with Gasteiger partial charge in [-0.3, -0.25) is 4.98 Å². The van der Waals surface area contributed by atoms with Crippen LogP contribution < -0.4 is 14.8 Å². The molecular weight excluding hydrogens is 530 g/mol. The zero-order valence-corrected chi connectivity index (χ0v) is 24.1. The van der Waals surface area contributed by atoms with Crippen molar-refractivity contribution >= 4 is 23.2 Å². The topological polar surface area (TPSA) is 98.7 Å². The lowest BCUT2D eigenvalue weighted by Crippen LogP contribution is -2.39. The van der Waals surface area contributed by atoms with Gasteiger partial charge < -0.3 is 24.4 Å². The van der Waals surface area contributed by atoms with Gasteiger partial charge in [-0.15, -0.1) is 0 Å². The number of aromatic nitrogens is 3. The molecular formula is C33H35N5O4. The van der Waals surface area contributed by atoms with Crippen LogP contribution in [0.5, 0.6) is 11.8 Å². The number of nitrogens with zero attached hydrogens (tertiary/aromatic N) is 4. The third kappa shape index (κ3) is 8.06. The van der Waals surface area contributed by atoms with Crippen LogP contribution in [0.2, 0.25) is 0 Å². The van der Waals surface area contributed by atoms with Crippen molar-refractivity contribution < 1.29 is 19.0 Å². The second-order valence-corrected chi connectivity index (χ2v) is 10.9. The van der Waals surface area contributed by atoms with Gasteiger partial charge in [-0.25, -0.2) is 9.78 Å². The van der Waals surface area contributed by atoms with Crippen LogP contribution in [0, 0.1) is 0 Å². The number of ether oxygens (including phenoxy) is 3. The van der Waals surface area contributed by atoms with Crippen molar-refractivity contribution in [2.75, 3.05) is 18.4 Å². The van der Waals surface area contributed by atoms with Gasteiger partial charge >= 0.3 is 6.09 Å². The fourth-order valence-electron chi connectivity index (χ4n) is 4.26. The maximum Gasteiger partial charge on any atom is 0.410 e. The van der Waals surface area contributed by atoms with Gasteiger partial charge in [0.05, 0.1) is 18.1 Å². The number of rotatable bonds is 9. The standard InChI is InChI=1S/C33H35N5O4/c1-33(2,3)42-32(39)38-18-16-26(17-19-38)28-20-35-29(21-34-28)36-27-14-15-30(40-22-24-10-6-4-7-11-24)37-31(27)41-23-25-12-8-5-9-13-25/h4-16,20-21H,17-19,22-23H2,1-3H3,(H,35,36). The second-order valence-electron chi connectivity index (χ2n) is 10.9. The number of amides is 1. The molecule has 216 valence electrons. The minimum absolute atomic E-state index is 0.307.